The van der Waals surface area contributed by atoms with Gasteiger partial charge in [-0.15, -0.1) is 0 Å². The largest absolute Gasteiger partial charge is 1.00 e. The number of hydrogen-bond acceptors (Lipinski definition) is 0. The van der Waals surface area contributed by atoms with Gasteiger partial charge in [-0.05, 0) is 0 Å². The van der Waals surface area contributed by atoms with Crippen LogP contribution in [-0.2, 0) is 0 Å². The molecular weight excluding hydrogens is 285 g/mol. The second-order valence-electron chi connectivity index (χ2n) is 1.22. The van der Waals surface area contributed by atoms with Crippen molar-refractivity contribution in [3.8, 4) is 0 Å². The maximum Gasteiger partial charge on any atom is 1.00 e. The molecule has 1 aromatic carbocycles. The van der Waals surface area contributed by atoms with Gasteiger partial charge in [0.1, 0.15) is 0 Å². The van der Waals surface area contributed by atoms with Gasteiger partial charge in [0, 0.05) is 0 Å². The smallest absolute Gasteiger partial charge is 0.184 e. The van der Waals surface area contributed by atoms with Crippen molar-refractivity contribution in [1.82, 2.24) is 0 Å². The summed E-state index contributed by atoms with van der Waals surface area (Å²) in [5, 5.41) is 0. The maximum absolute atomic E-state index is 3.29. The van der Waals surface area contributed by atoms with Crippen molar-refractivity contribution in [2.45, 2.75) is 0 Å². The minimum atomic E-state index is 0. The summed E-state index contributed by atoms with van der Waals surface area (Å²) in [4.78, 5) is 0. The zero-order chi connectivity index (χ0) is 5.11. The fourth-order valence-electron chi connectivity index (χ4n) is 0.367. The van der Waals surface area contributed by atoms with Crippen LogP contribution < -0.4 is 68.9 Å². The summed E-state index contributed by atoms with van der Waals surface area (Å²) in [5.74, 6) is 0. The summed E-state index contributed by atoms with van der Waals surface area (Å²) in [6.45, 7) is 0. The molecule has 0 nitrogen and oxygen atoms in total. The van der Waals surface area contributed by atoms with Crippen LogP contribution >= 0.6 is 15.9 Å². The summed E-state index contributed by atoms with van der Waals surface area (Å²) in [6.07, 6.45) is 0. The van der Waals surface area contributed by atoms with Gasteiger partial charge in [-0.3, -0.25) is 0 Å². The third-order valence-corrected chi connectivity index (χ3v) is 1.21. The van der Waals surface area contributed by atoms with Crippen molar-refractivity contribution in [3.63, 3.8) is 0 Å². The van der Waals surface area contributed by atoms with Gasteiger partial charge < -0.3 is 0 Å². The molecule has 0 radical (unpaired) electrons. The molecule has 0 unspecified atom stereocenters. The predicted octanol–water partition coefficient (Wildman–Crippen LogP) is -0.747. The number of rotatable bonds is 0. The van der Waals surface area contributed by atoms with Crippen molar-refractivity contribution < 1.29 is 68.9 Å². The summed E-state index contributed by atoms with van der Waals surface area (Å²) >= 11 is 3.29. The van der Waals surface area contributed by atoms with Gasteiger partial charge in [-0.1, -0.05) is 20.4 Å². The summed E-state index contributed by atoms with van der Waals surface area (Å²) in [7, 11) is 0. The van der Waals surface area contributed by atoms with E-state index in [9.17, 15) is 0 Å². The molecule has 0 saturated heterocycles. The molecule has 0 saturated carbocycles. The van der Waals surface area contributed by atoms with Crippen molar-refractivity contribution in [3.05, 3.63) is 34.8 Å². The van der Waals surface area contributed by atoms with E-state index in [1.54, 1.807) is 0 Å². The molecular formula is C6H4BrCs. The van der Waals surface area contributed by atoms with E-state index >= 15 is 0 Å². The van der Waals surface area contributed by atoms with Crippen molar-refractivity contribution in [2.75, 3.05) is 0 Å². The number of halogens is 1. The summed E-state index contributed by atoms with van der Waals surface area (Å²) in [5.41, 5.74) is 0. The van der Waals surface area contributed by atoms with Crippen LogP contribution in [-0.4, -0.2) is 0 Å². The number of hydrogen-bond donors (Lipinski definition) is 0. The molecule has 1 rings (SSSR count). The standard InChI is InChI=1S/C6H4Br.Cs/c7-6-4-2-1-3-5-6;/h2-5H;/q-1;+1. The van der Waals surface area contributed by atoms with E-state index in [0.29, 0.717) is 0 Å². The first-order valence-electron chi connectivity index (χ1n) is 2.01. The van der Waals surface area contributed by atoms with Crippen molar-refractivity contribution in [2.24, 2.45) is 0 Å². The third-order valence-electron chi connectivity index (χ3n) is 0.678. The Hall–Kier alpha value is 1.75. The molecule has 0 fully saturated rings. The molecule has 36 valence electrons. The normalized spacial score (nSPS) is 7.62. The summed E-state index contributed by atoms with van der Waals surface area (Å²) in [6, 6.07) is 10.5. The molecule has 0 aliphatic heterocycles. The Morgan fingerprint density at radius 2 is 1.75 bits per heavy atom. The van der Waals surface area contributed by atoms with Crippen LogP contribution in [0.15, 0.2) is 28.7 Å². The van der Waals surface area contributed by atoms with Gasteiger partial charge in [0.05, 0.1) is 0 Å². The zero-order valence-electron chi connectivity index (χ0n) is 4.69. The molecule has 0 spiro atoms. The van der Waals surface area contributed by atoms with Gasteiger partial charge in [-0.25, -0.2) is 0 Å². The molecule has 2 heteroatoms. The van der Waals surface area contributed by atoms with Crippen LogP contribution in [0.5, 0.6) is 0 Å². The van der Waals surface area contributed by atoms with Crippen LogP contribution in [0.25, 0.3) is 0 Å². The van der Waals surface area contributed by atoms with Crippen molar-refractivity contribution in [1.29, 1.82) is 0 Å². The first-order chi connectivity index (χ1) is 3.39. The molecule has 0 aromatic heterocycles. The van der Waals surface area contributed by atoms with E-state index < -0.39 is 0 Å². The second-order valence-corrected chi connectivity index (χ2v) is 2.13. The zero-order valence-corrected chi connectivity index (χ0v) is 12.6. The van der Waals surface area contributed by atoms with E-state index in [1.165, 1.54) is 0 Å². The molecule has 8 heavy (non-hydrogen) atoms. The Morgan fingerprint density at radius 3 is 2.00 bits per heavy atom. The van der Waals surface area contributed by atoms with E-state index in [-0.39, 0.29) is 68.9 Å². The summed E-state index contributed by atoms with van der Waals surface area (Å²) < 4.78 is 1.10. The minimum absolute atomic E-state index is 0. The molecule has 0 atom stereocenters. The molecule has 1 aromatic rings. The SMILES string of the molecule is Brc1cc[c-]cc1.[Cs+]. The molecule has 0 aliphatic carbocycles. The Labute approximate surface area is 117 Å². The fourth-order valence-corrected chi connectivity index (χ4v) is 0.631. The Bertz CT molecular complexity index is 138. The predicted molar refractivity (Wildman–Crippen MR) is 33.0 cm³/mol. The van der Waals surface area contributed by atoms with Gasteiger partial charge in [0.2, 0.25) is 0 Å². The van der Waals surface area contributed by atoms with Gasteiger partial charge in [-0.2, -0.15) is 30.3 Å². The number of benzene rings is 1. The molecule has 0 aliphatic rings. The molecule has 0 amide bonds. The second kappa shape index (κ2) is 5.53. The quantitative estimate of drug-likeness (QED) is 0.552. The Kier molecular flexibility index (Phi) is 6.74. The molecule has 0 N–H and O–H groups in total. The first-order valence-corrected chi connectivity index (χ1v) is 2.80. The van der Waals surface area contributed by atoms with Crippen molar-refractivity contribution >= 4 is 15.9 Å². The Balaban J connectivity index is 0.000000490. The van der Waals surface area contributed by atoms with E-state index in [2.05, 4.69) is 22.0 Å². The third kappa shape index (κ3) is 3.72. The topological polar surface area (TPSA) is 0 Å². The van der Waals surface area contributed by atoms with E-state index in [0.717, 1.165) is 4.47 Å². The van der Waals surface area contributed by atoms with Crippen LogP contribution in [0, 0.1) is 6.07 Å². The fraction of sp³-hybridized carbons (Fsp3) is 0. The average molecular weight is 289 g/mol. The van der Waals surface area contributed by atoms with Crippen LogP contribution in [0.2, 0.25) is 0 Å². The van der Waals surface area contributed by atoms with E-state index in [4.69, 9.17) is 0 Å². The van der Waals surface area contributed by atoms with Gasteiger partial charge >= 0.3 is 68.9 Å². The van der Waals surface area contributed by atoms with E-state index in [1.807, 2.05) is 24.3 Å². The molecule has 0 bridgehead atoms. The average Bonchev–Trinajstić information content (AvgIpc) is 1.69. The van der Waals surface area contributed by atoms with Crippen LogP contribution in [0.3, 0.4) is 0 Å². The first kappa shape index (κ1) is 9.75. The van der Waals surface area contributed by atoms with Gasteiger partial charge in [0.15, 0.2) is 0 Å². The minimum Gasteiger partial charge on any atom is -0.184 e. The van der Waals surface area contributed by atoms with Crippen LogP contribution in [0.4, 0.5) is 0 Å². The monoisotopic (exact) mass is 288 g/mol. The molecule has 0 heterocycles. The van der Waals surface area contributed by atoms with Crippen LogP contribution in [0.1, 0.15) is 0 Å². The maximum atomic E-state index is 3.29. The Morgan fingerprint density at radius 1 is 1.25 bits per heavy atom. The van der Waals surface area contributed by atoms with Gasteiger partial charge in [0.25, 0.3) is 0 Å².